The van der Waals surface area contributed by atoms with E-state index in [0.29, 0.717) is 17.9 Å². The van der Waals surface area contributed by atoms with Crippen LogP contribution in [0, 0.1) is 0 Å². The zero-order valence-electron chi connectivity index (χ0n) is 11.2. The van der Waals surface area contributed by atoms with Gasteiger partial charge in [-0.25, -0.2) is 0 Å². The molecule has 0 radical (unpaired) electrons. The first-order valence-electron chi connectivity index (χ1n) is 6.19. The number of nitrogens with two attached hydrogens (primary N) is 1. The summed E-state index contributed by atoms with van der Waals surface area (Å²) in [6.45, 7) is 3.88. The maximum atomic E-state index is 12.0. The average Bonchev–Trinajstić information content (AvgIpc) is 2.34. The quantitative estimate of drug-likeness (QED) is 0.892. The molecule has 1 amide bonds. The monoisotopic (exact) mass is 268 g/mol. The van der Waals surface area contributed by atoms with Crippen molar-refractivity contribution < 1.29 is 4.79 Å². The summed E-state index contributed by atoms with van der Waals surface area (Å²) in [4.78, 5) is 13.7. The fourth-order valence-electron chi connectivity index (χ4n) is 1.77. The Balaban J connectivity index is 2.69. The summed E-state index contributed by atoms with van der Waals surface area (Å²) in [6.07, 6.45) is 1.18. The second-order valence-corrected chi connectivity index (χ2v) is 5.13. The van der Waals surface area contributed by atoms with Crippen molar-refractivity contribution in [2.24, 2.45) is 5.73 Å². The van der Waals surface area contributed by atoms with Crippen molar-refractivity contribution in [3.8, 4) is 0 Å². The molecule has 0 aliphatic heterocycles. The Labute approximate surface area is 114 Å². The zero-order valence-corrected chi connectivity index (χ0v) is 11.9. The van der Waals surface area contributed by atoms with Crippen LogP contribution in [0.4, 0.5) is 0 Å². The lowest BCUT2D eigenvalue weighted by atomic mass is 10.1. The van der Waals surface area contributed by atoms with Gasteiger partial charge in [0.2, 0.25) is 5.91 Å². The van der Waals surface area contributed by atoms with E-state index < -0.39 is 0 Å². The summed E-state index contributed by atoms with van der Waals surface area (Å²) >= 11 is 6.14. The minimum absolute atomic E-state index is 0.0284. The molecular weight excluding hydrogens is 248 g/mol. The molecular formula is C14H21ClN2O. The van der Waals surface area contributed by atoms with Crippen LogP contribution in [-0.2, 0) is 4.79 Å². The molecule has 0 aliphatic carbocycles. The van der Waals surface area contributed by atoms with Gasteiger partial charge in [0, 0.05) is 24.5 Å². The van der Waals surface area contributed by atoms with Crippen LogP contribution in [0.3, 0.4) is 0 Å². The topological polar surface area (TPSA) is 46.3 Å². The van der Waals surface area contributed by atoms with Crippen LogP contribution in [0.5, 0.6) is 0 Å². The number of benzene rings is 1. The van der Waals surface area contributed by atoms with Crippen LogP contribution in [0.2, 0.25) is 5.02 Å². The molecule has 0 saturated carbocycles. The van der Waals surface area contributed by atoms with Crippen LogP contribution >= 0.6 is 11.6 Å². The van der Waals surface area contributed by atoms with Gasteiger partial charge in [0.25, 0.3) is 0 Å². The van der Waals surface area contributed by atoms with Crippen molar-refractivity contribution in [2.75, 3.05) is 7.05 Å². The highest BCUT2D eigenvalue weighted by molar-refractivity contribution is 6.31. The maximum Gasteiger partial charge on any atom is 0.222 e. The molecule has 0 saturated heterocycles. The normalized spacial score (nSPS) is 14.1. The van der Waals surface area contributed by atoms with Gasteiger partial charge >= 0.3 is 0 Å². The Morgan fingerprint density at radius 1 is 1.39 bits per heavy atom. The molecule has 0 aliphatic rings. The SMILES string of the molecule is CC(N)CCC(=O)N(C)C(C)c1ccccc1Cl. The number of hydrogen-bond donors (Lipinski definition) is 1. The third-order valence-electron chi connectivity index (χ3n) is 3.14. The number of amides is 1. The van der Waals surface area contributed by atoms with Crippen molar-refractivity contribution in [1.82, 2.24) is 4.90 Å². The van der Waals surface area contributed by atoms with Crippen molar-refractivity contribution >= 4 is 17.5 Å². The lowest BCUT2D eigenvalue weighted by Crippen LogP contribution is -2.31. The van der Waals surface area contributed by atoms with Crippen molar-refractivity contribution in [3.63, 3.8) is 0 Å². The van der Waals surface area contributed by atoms with E-state index in [2.05, 4.69) is 0 Å². The third-order valence-corrected chi connectivity index (χ3v) is 3.49. The van der Waals surface area contributed by atoms with Crippen molar-refractivity contribution in [2.45, 2.75) is 38.8 Å². The lowest BCUT2D eigenvalue weighted by Gasteiger charge is -2.26. The molecule has 0 spiro atoms. The molecule has 1 rings (SSSR count). The highest BCUT2D eigenvalue weighted by Crippen LogP contribution is 2.26. The smallest absolute Gasteiger partial charge is 0.222 e. The molecule has 1 aromatic rings. The average molecular weight is 269 g/mol. The van der Waals surface area contributed by atoms with E-state index in [1.165, 1.54) is 0 Å². The van der Waals surface area contributed by atoms with E-state index in [1.54, 1.807) is 11.9 Å². The Morgan fingerprint density at radius 2 is 2.00 bits per heavy atom. The second-order valence-electron chi connectivity index (χ2n) is 4.72. The lowest BCUT2D eigenvalue weighted by molar-refractivity contribution is -0.132. The maximum absolute atomic E-state index is 12.0. The Kier molecular flexibility index (Phi) is 5.63. The molecule has 0 aromatic heterocycles. The predicted molar refractivity (Wildman–Crippen MR) is 75.5 cm³/mol. The van der Waals surface area contributed by atoms with Crippen LogP contribution in [0.15, 0.2) is 24.3 Å². The molecule has 2 N–H and O–H groups in total. The van der Waals surface area contributed by atoms with Crippen LogP contribution in [-0.4, -0.2) is 23.9 Å². The van der Waals surface area contributed by atoms with Crippen molar-refractivity contribution in [3.05, 3.63) is 34.9 Å². The van der Waals surface area contributed by atoms with Crippen molar-refractivity contribution in [1.29, 1.82) is 0 Å². The molecule has 4 heteroatoms. The van der Waals surface area contributed by atoms with E-state index in [-0.39, 0.29) is 18.0 Å². The van der Waals surface area contributed by atoms with E-state index in [1.807, 2.05) is 38.1 Å². The van der Waals surface area contributed by atoms with Gasteiger partial charge < -0.3 is 10.6 Å². The molecule has 0 fully saturated rings. The van der Waals surface area contributed by atoms with E-state index in [0.717, 1.165) is 5.56 Å². The van der Waals surface area contributed by atoms with Gasteiger partial charge in [0.05, 0.1) is 6.04 Å². The molecule has 1 aromatic carbocycles. The number of carbonyl (C=O) groups excluding carboxylic acids is 1. The van der Waals surface area contributed by atoms with E-state index >= 15 is 0 Å². The number of rotatable bonds is 5. The Hall–Kier alpha value is -1.06. The molecule has 0 heterocycles. The van der Waals surface area contributed by atoms with Gasteiger partial charge in [0.1, 0.15) is 0 Å². The van der Waals surface area contributed by atoms with Crippen LogP contribution < -0.4 is 5.73 Å². The first-order valence-corrected chi connectivity index (χ1v) is 6.57. The van der Waals surface area contributed by atoms with Crippen LogP contribution in [0.25, 0.3) is 0 Å². The highest BCUT2D eigenvalue weighted by Gasteiger charge is 2.19. The molecule has 2 atom stereocenters. The summed E-state index contributed by atoms with van der Waals surface area (Å²) in [5, 5.41) is 0.692. The molecule has 2 unspecified atom stereocenters. The third kappa shape index (κ3) is 4.00. The van der Waals surface area contributed by atoms with Gasteiger partial charge in [-0.3, -0.25) is 4.79 Å². The van der Waals surface area contributed by atoms with Crippen LogP contribution in [0.1, 0.15) is 38.3 Å². The van der Waals surface area contributed by atoms with E-state index in [9.17, 15) is 4.79 Å². The van der Waals surface area contributed by atoms with Gasteiger partial charge in [-0.05, 0) is 31.9 Å². The Morgan fingerprint density at radius 3 is 2.56 bits per heavy atom. The number of nitrogens with zero attached hydrogens (tertiary/aromatic N) is 1. The largest absolute Gasteiger partial charge is 0.339 e. The summed E-state index contributed by atoms with van der Waals surface area (Å²) in [6, 6.07) is 7.63. The summed E-state index contributed by atoms with van der Waals surface area (Å²) in [5.41, 5.74) is 6.63. The number of halogens is 1. The Bertz CT molecular complexity index is 407. The zero-order chi connectivity index (χ0) is 13.7. The minimum atomic E-state index is -0.0284. The highest BCUT2D eigenvalue weighted by atomic mass is 35.5. The van der Waals surface area contributed by atoms with Gasteiger partial charge in [-0.15, -0.1) is 0 Å². The van der Waals surface area contributed by atoms with Gasteiger partial charge in [-0.1, -0.05) is 29.8 Å². The summed E-state index contributed by atoms with van der Waals surface area (Å²) in [5.74, 6) is 0.0970. The molecule has 100 valence electrons. The number of carbonyl (C=O) groups is 1. The summed E-state index contributed by atoms with van der Waals surface area (Å²) < 4.78 is 0. The first-order chi connectivity index (χ1) is 8.43. The number of hydrogen-bond acceptors (Lipinski definition) is 2. The molecule has 0 bridgehead atoms. The molecule has 3 nitrogen and oxygen atoms in total. The fraction of sp³-hybridized carbons (Fsp3) is 0.500. The second kappa shape index (κ2) is 6.76. The molecule has 18 heavy (non-hydrogen) atoms. The van der Waals surface area contributed by atoms with Gasteiger partial charge in [-0.2, -0.15) is 0 Å². The standard InChI is InChI=1S/C14H21ClN2O/c1-10(16)8-9-14(18)17(3)11(2)12-6-4-5-7-13(12)15/h4-7,10-11H,8-9,16H2,1-3H3. The summed E-state index contributed by atoms with van der Waals surface area (Å²) in [7, 11) is 1.80. The minimum Gasteiger partial charge on any atom is -0.339 e. The van der Waals surface area contributed by atoms with Gasteiger partial charge in [0.15, 0.2) is 0 Å². The first kappa shape index (κ1) is 15.0. The fourth-order valence-corrected chi connectivity index (χ4v) is 2.06. The van der Waals surface area contributed by atoms with E-state index in [4.69, 9.17) is 17.3 Å². The predicted octanol–water partition coefficient (Wildman–Crippen LogP) is 2.99.